The van der Waals surface area contributed by atoms with Crippen molar-refractivity contribution >= 4 is 41.1 Å². The number of likely N-dealkylation sites (N-methyl/N-ethyl adjacent to an activating group) is 1. The van der Waals surface area contributed by atoms with Crippen LogP contribution in [-0.2, 0) is 44.6 Å². The third-order valence-electron chi connectivity index (χ3n) is 8.53. The van der Waals surface area contributed by atoms with Crippen molar-refractivity contribution in [2.75, 3.05) is 39.7 Å². The number of esters is 3. The van der Waals surface area contributed by atoms with Gasteiger partial charge in [-0.05, 0) is 57.0 Å². The van der Waals surface area contributed by atoms with E-state index in [4.69, 9.17) is 24.7 Å². The van der Waals surface area contributed by atoms with Crippen molar-refractivity contribution in [2.24, 2.45) is 17.6 Å². The minimum atomic E-state index is -2.47. The van der Waals surface area contributed by atoms with Gasteiger partial charge < -0.3 is 29.6 Å². The minimum Gasteiger partial charge on any atom is -0.493 e. The van der Waals surface area contributed by atoms with Crippen molar-refractivity contribution in [3.63, 3.8) is 0 Å². The summed E-state index contributed by atoms with van der Waals surface area (Å²) in [4.78, 5) is 83.6. The SMILES string of the molecule is CCCCOc1ccc(N(C)C)c2c1C(=O)C1=C(OC(C)=O)[C@]3(OC(C)=O)C(=O)C(C(N)=O)=C(OC(C)=O)C(N(C)C)[C@@H]3C[C@@H]1C2. The molecule has 0 aliphatic heterocycles. The van der Waals surface area contributed by atoms with Gasteiger partial charge >= 0.3 is 17.9 Å². The number of hydrogen-bond acceptors (Lipinski definition) is 12. The molecular weight excluding hydrogens is 598 g/mol. The van der Waals surface area contributed by atoms with Gasteiger partial charge in [0.2, 0.25) is 11.4 Å². The second-order valence-electron chi connectivity index (χ2n) is 12.2. The second-order valence-corrected chi connectivity index (χ2v) is 12.2. The van der Waals surface area contributed by atoms with Crippen molar-refractivity contribution in [1.29, 1.82) is 0 Å². The van der Waals surface area contributed by atoms with Crippen LogP contribution in [0.5, 0.6) is 5.75 Å². The molecule has 3 aliphatic rings. The number of carbonyl (C=O) groups excluding carboxylic acids is 6. The molecule has 0 spiro atoms. The fraction of sp³-hybridized carbons (Fsp3) is 0.515. The zero-order valence-electron chi connectivity index (χ0n) is 27.5. The molecule has 46 heavy (non-hydrogen) atoms. The molecule has 1 aromatic rings. The molecule has 13 heteroatoms. The first-order chi connectivity index (χ1) is 21.6. The van der Waals surface area contributed by atoms with E-state index in [1.165, 1.54) is 0 Å². The molecule has 13 nitrogen and oxygen atoms in total. The predicted octanol–water partition coefficient (Wildman–Crippen LogP) is 2.24. The summed E-state index contributed by atoms with van der Waals surface area (Å²) in [5.74, 6) is -7.81. The number of ketones is 2. The van der Waals surface area contributed by atoms with Crippen LogP contribution >= 0.6 is 0 Å². The topological polar surface area (TPSA) is 172 Å². The van der Waals surface area contributed by atoms with Gasteiger partial charge in [0.15, 0.2) is 11.5 Å². The van der Waals surface area contributed by atoms with Gasteiger partial charge in [-0.3, -0.25) is 33.7 Å². The molecule has 2 N–H and O–H groups in total. The molecule has 0 radical (unpaired) electrons. The number of Topliss-reactive ketones (excluding diaryl/α,β-unsaturated/α-hetero) is 2. The Labute approximate surface area is 267 Å². The van der Waals surface area contributed by atoms with E-state index in [9.17, 15) is 28.8 Å². The van der Waals surface area contributed by atoms with Crippen LogP contribution in [-0.4, -0.2) is 86.7 Å². The van der Waals surface area contributed by atoms with Crippen LogP contribution in [0.1, 0.15) is 62.9 Å². The van der Waals surface area contributed by atoms with Crippen LogP contribution < -0.4 is 15.4 Å². The molecule has 0 saturated carbocycles. The third-order valence-corrected chi connectivity index (χ3v) is 8.53. The molecule has 3 aliphatic carbocycles. The first kappa shape index (κ1) is 34.4. The lowest BCUT2D eigenvalue weighted by atomic mass is 9.58. The van der Waals surface area contributed by atoms with E-state index < -0.39 is 70.2 Å². The van der Waals surface area contributed by atoms with E-state index in [1.807, 2.05) is 32.0 Å². The summed E-state index contributed by atoms with van der Waals surface area (Å²) in [6.07, 6.45) is 1.92. The lowest BCUT2D eigenvalue weighted by molar-refractivity contribution is -0.181. The monoisotopic (exact) mass is 639 g/mol. The highest BCUT2D eigenvalue weighted by Gasteiger charge is 2.67. The number of nitrogens with zero attached hydrogens (tertiary/aromatic N) is 2. The van der Waals surface area contributed by atoms with Crippen LogP contribution in [0.3, 0.4) is 0 Å². The average Bonchev–Trinajstić information content (AvgIpc) is 2.93. The van der Waals surface area contributed by atoms with E-state index >= 15 is 0 Å². The summed E-state index contributed by atoms with van der Waals surface area (Å²) in [6, 6.07) is 2.52. The Morgan fingerprint density at radius 3 is 2.15 bits per heavy atom. The summed E-state index contributed by atoms with van der Waals surface area (Å²) < 4.78 is 23.1. The van der Waals surface area contributed by atoms with Crippen molar-refractivity contribution < 1.29 is 47.7 Å². The average molecular weight is 640 g/mol. The number of primary amides is 1. The molecule has 1 amide bonds. The Morgan fingerprint density at radius 2 is 1.63 bits per heavy atom. The lowest BCUT2D eigenvalue weighted by Crippen LogP contribution is -2.66. The highest BCUT2D eigenvalue weighted by atomic mass is 16.6. The molecule has 0 fully saturated rings. The molecule has 0 saturated heterocycles. The van der Waals surface area contributed by atoms with E-state index in [1.54, 1.807) is 25.1 Å². The van der Waals surface area contributed by atoms with Crippen molar-refractivity contribution in [3.05, 3.63) is 45.9 Å². The maximum atomic E-state index is 14.7. The summed E-state index contributed by atoms with van der Waals surface area (Å²) >= 11 is 0. The number of unbranched alkanes of at least 4 members (excludes halogenated alkanes) is 1. The zero-order chi connectivity index (χ0) is 34.2. The van der Waals surface area contributed by atoms with Gasteiger partial charge in [0.05, 0.1) is 18.2 Å². The lowest BCUT2D eigenvalue weighted by Gasteiger charge is -2.52. The van der Waals surface area contributed by atoms with E-state index in [0.29, 0.717) is 17.9 Å². The number of fused-ring (bicyclic) bond motifs is 3. The second kappa shape index (κ2) is 13.1. The Balaban J connectivity index is 2.13. The minimum absolute atomic E-state index is 0.0394. The summed E-state index contributed by atoms with van der Waals surface area (Å²) in [5.41, 5.74) is 4.18. The van der Waals surface area contributed by atoms with Gasteiger partial charge in [-0.25, -0.2) is 0 Å². The molecular formula is C33H41N3O10. The van der Waals surface area contributed by atoms with Crippen LogP contribution in [0.15, 0.2) is 34.8 Å². The molecule has 0 bridgehead atoms. The smallest absolute Gasteiger partial charge is 0.307 e. The largest absolute Gasteiger partial charge is 0.493 e. The number of carbonyl (C=O) groups is 6. The van der Waals surface area contributed by atoms with Crippen molar-refractivity contribution in [3.8, 4) is 5.75 Å². The Morgan fingerprint density at radius 1 is 0.978 bits per heavy atom. The molecule has 4 rings (SSSR count). The van der Waals surface area contributed by atoms with Crippen LogP contribution in [0, 0.1) is 11.8 Å². The first-order valence-electron chi connectivity index (χ1n) is 15.1. The van der Waals surface area contributed by atoms with Crippen LogP contribution in [0.2, 0.25) is 0 Å². The number of amides is 1. The van der Waals surface area contributed by atoms with Gasteiger partial charge in [-0.15, -0.1) is 0 Å². The molecule has 1 unspecified atom stereocenters. The molecule has 0 heterocycles. The Kier molecular flexibility index (Phi) is 9.76. The maximum absolute atomic E-state index is 14.7. The number of ether oxygens (including phenoxy) is 4. The standard InChI is InChI=1S/C33H41N3O10/c1-9-10-13-43-23-12-11-22(35(5)6)20-14-19-15-21-27(36(7)8)29(44-16(2)37)26(32(34)42)30(41)33(21,46-18(4)39)31(45-17(3)38)24(19)28(40)25(20)23/h11-12,19,21,27H,9-10,13-15H2,1-8H3,(H2,34,42)/t19-,21-,27?,33+/m0/s1. The molecule has 4 atom stereocenters. The zero-order valence-corrected chi connectivity index (χ0v) is 27.5. The van der Waals surface area contributed by atoms with Crippen molar-refractivity contribution in [2.45, 2.75) is 65.0 Å². The highest BCUT2D eigenvalue weighted by molar-refractivity contribution is 6.25. The molecule has 1 aromatic carbocycles. The van der Waals surface area contributed by atoms with Crippen LogP contribution in [0.4, 0.5) is 5.69 Å². The summed E-state index contributed by atoms with van der Waals surface area (Å²) in [6.45, 7) is 5.62. The van der Waals surface area contributed by atoms with E-state index in [0.717, 1.165) is 39.3 Å². The van der Waals surface area contributed by atoms with Gasteiger partial charge in [0.25, 0.3) is 5.91 Å². The van der Waals surface area contributed by atoms with Gasteiger partial charge in [0.1, 0.15) is 17.1 Å². The number of benzene rings is 1. The Hall–Kier alpha value is -4.52. The predicted molar refractivity (Wildman–Crippen MR) is 165 cm³/mol. The fourth-order valence-electron chi connectivity index (χ4n) is 6.95. The highest BCUT2D eigenvalue weighted by Crippen LogP contribution is 2.56. The number of hydrogen-bond donors (Lipinski definition) is 1. The number of rotatable bonds is 10. The quantitative estimate of drug-likeness (QED) is 0.172. The van der Waals surface area contributed by atoms with Crippen molar-refractivity contribution in [1.82, 2.24) is 4.90 Å². The first-order valence-corrected chi connectivity index (χ1v) is 15.1. The number of allylic oxidation sites excluding steroid dienone is 1. The third kappa shape index (κ3) is 5.79. The van der Waals surface area contributed by atoms with Crippen LogP contribution in [0.25, 0.3) is 0 Å². The van der Waals surface area contributed by atoms with E-state index in [-0.39, 0.29) is 29.7 Å². The fourth-order valence-corrected chi connectivity index (χ4v) is 6.95. The Bertz CT molecular complexity index is 1570. The summed E-state index contributed by atoms with van der Waals surface area (Å²) in [5, 5.41) is 0. The van der Waals surface area contributed by atoms with Gasteiger partial charge in [-0.2, -0.15) is 0 Å². The van der Waals surface area contributed by atoms with E-state index in [2.05, 4.69) is 0 Å². The maximum Gasteiger partial charge on any atom is 0.307 e. The van der Waals surface area contributed by atoms with Gasteiger partial charge in [-0.1, -0.05) is 13.3 Å². The molecule has 248 valence electrons. The number of anilines is 1. The normalized spacial score (nSPS) is 23.7. The number of nitrogens with two attached hydrogens (primary N) is 1. The molecule has 0 aromatic heterocycles. The summed E-state index contributed by atoms with van der Waals surface area (Å²) in [7, 11) is 6.95. The van der Waals surface area contributed by atoms with Gasteiger partial charge in [0, 0.05) is 52.0 Å².